The maximum Gasteiger partial charge on any atom is 0.191 e. The van der Waals surface area contributed by atoms with Crippen LogP contribution in [0, 0.1) is 0 Å². The molecule has 3 aromatic rings. The molecule has 2 heterocycles. The fourth-order valence-electron chi connectivity index (χ4n) is 2.89. The van der Waals surface area contributed by atoms with Gasteiger partial charge in [-0.05, 0) is 36.4 Å². The molecule has 4 nitrogen and oxygen atoms in total. The Hall–Kier alpha value is -2.27. The number of fused-ring (bicyclic) bond motifs is 1. The molecule has 1 aromatic carbocycles. The summed E-state index contributed by atoms with van der Waals surface area (Å²) >= 11 is 1.80. The molecule has 0 aliphatic rings. The Morgan fingerprint density at radius 2 is 2.08 bits per heavy atom. The molecule has 0 aliphatic carbocycles. The first kappa shape index (κ1) is 17.5. The lowest BCUT2D eigenvalue weighted by Crippen LogP contribution is -2.38. The summed E-state index contributed by atoms with van der Waals surface area (Å²) in [5.74, 6) is 1.34. The van der Waals surface area contributed by atoms with Crippen LogP contribution in [-0.2, 0) is 6.42 Å². The molecule has 0 spiro atoms. The minimum Gasteiger partial charge on any atom is -0.361 e. The van der Waals surface area contributed by atoms with E-state index < -0.39 is 0 Å². The normalized spacial score (nSPS) is 13.1. The number of aromatic nitrogens is 1. The summed E-state index contributed by atoms with van der Waals surface area (Å²) in [6.07, 6.45) is 3.07. The van der Waals surface area contributed by atoms with Crippen LogP contribution in [0.4, 0.5) is 0 Å². The van der Waals surface area contributed by atoms with Crippen LogP contribution < -0.4 is 10.6 Å². The number of aliphatic imine (C=N–C) groups is 1. The van der Waals surface area contributed by atoms with Crippen molar-refractivity contribution < 1.29 is 0 Å². The molecule has 0 aliphatic heterocycles. The number of H-pyrrole nitrogens is 1. The van der Waals surface area contributed by atoms with E-state index in [0.29, 0.717) is 5.92 Å². The zero-order valence-corrected chi connectivity index (χ0v) is 15.7. The van der Waals surface area contributed by atoms with Gasteiger partial charge in [0.05, 0.1) is 6.54 Å². The largest absolute Gasteiger partial charge is 0.361 e. The molecule has 5 heteroatoms. The lowest BCUT2D eigenvalue weighted by atomic mass is 10.1. The Kier molecular flexibility index (Phi) is 6.12. The number of aromatic amines is 1. The monoisotopic (exact) mass is 354 g/mol. The molecule has 3 rings (SSSR count). The fourth-order valence-corrected chi connectivity index (χ4v) is 3.66. The highest BCUT2D eigenvalue weighted by Gasteiger charge is 2.07. The van der Waals surface area contributed by atoms with E-state index in [1.54, 1.807) is 11.3 Å². The van der Waals surface area contributed by atoms with E-state index >= 15 is 0 Å². The Morgan fingerprint density at radius 1 is 1.20 bits per heavy atom. The van der Waals surface area contributed by atoms with E-state index in [0.717, 1.165) is 32.0 Å². The third kappa shape index (κ3) is 4.63. The van der Waals surface area contributed by atoms with E-state index in [1.165, 1.54) is 21.3 Å². The number of hydrogen-bond donors (Lipinski definition) is 3. The van der Waals surface area contributed by atoms with Gasteiger partial charge in [0, 0.05) is 41.0 Å². The maximum atomic E-state index is 4.74. The first-order valence-electron chi connectivity index (χ1n) is 8.88. The molecule has 25 heavy (non-hydrogen) atoms. The Labute approximate surface area is 153 Å². The summed E-state index contributed by atoms with van der Waals surface area (Å²) in [6.45, 7) is 6.85. The van der Waals surface area contributed by atoms with Crippen molar-refractivity contribution in [3.63, 3.8) is 0 Å². The van der Waals surface area contributed by atoms with Crippen LogP contribution in [0.25, 0.3) is 10.9 Å². The summed E-state index contributed by atoms with van der Waals surface area (Å²) in [6, 6.07) is 12.7. The van der Waals surface area contributed by atoms with Crippen molar-refractivity contribution in [1.29, 1.82) is 0 Å². The summed E-state index contributed by atoms with van der Waals surface area (Å²) in [4.78, 5) is 9.47. The van der Waals surface area contributed by atoms with Gasteiger partial charge in [-0.3, -0.25) is 4.99 Å². The zero-order chi connectivity index (χ0) is 17.5. The van der Waals surface area contributed by atoms with Gasteiger partial charge < -0.3 is 15.6 Å². The lowest BCUT2D eigenvalue weighted by Gasteiger charge is -2.13. The second kappa shape index (κ2) is 8.72. The number of benzene rings is 1. The predicted octanol–water partition coefficient (Wildman–Crippen LogP) is 4.13. The Bertz CT molecular complexity index is 804. The van der Waals surface area contributed by atoms with Crippen LogP contribution in [-0.4, -0.2) is 30.6 Å². The molecule has 0 amide bonds. The predicted molar refractivity (Wildman–Crippen MR) is 109 cm³/mol. The third-order valence-electron chi connectivity index (χ3n) is 4.26. The highest BCUT2D eigenvalue weighted by atomic mass is 32.1. The summed E-state index contributed by atoms with van der Waals surface area (Å²) < 4.78 is 0. The average Bonchev–Trinajstić information content (AvgIpc) is 3.30. The van der Waals surface area contributed by atoms with Crippen molar-refractivity contribution in [2.45, 2.75) is 26.2 Å². The number of hydrogen-bond acceptors (Lipinski definition) is 2. The minimum absolute atomic E-state index is 0.448. The van der Waals surface area contributed by atoms with Crippen molar-refractivity contribution in [3.05, 3.63) is 58.4 Å². The minimum atomic E-state index is 0.448. The van der Waals surface area contributed by atoms with Crippen molar-refractivity contribution in [2.24, 2.45) is 4.99 Å². The maximum absolute atomic E-state index is 4.74. The van der Waals surface area contributed by atoms with Gasteiger partial charge in [-0.2, -0.15) is 0 Å². The molecule has 0 saturated heterocycles. The molecule has 1 atom stereocenters. The molecule has 0 fully saturated rings. The Morgan fingerprint density at radius 3 is 2.88 bits per heavy atom. The summed E-state index contributed by atoms with van der Waals surface area (Å²) in [5.41, 5.74) is 2.54. The quantitative estimate of drug-likeness (QED) is 0.441. The van der Waals surface area contributed by atoms with Crippen LogP contribution in [0.5, 0.6) is 0 Å². The molecule has 0 radical (unpaired) electrons. The van der Waals surface area contributed by atoms with Crippen LogP contribution in [0.15, 0.2) is 53.0 Å². The van der Waals surface area contributed by atoms with Gasteiger partial charge in [-0.1, -0.05) is 31.2 Å². The SMILES string of the molecule is CCNC(=NCC(C)c1cccs1)NCCc1c[nH]c2ccccc12. The molecule has 3 N–H and O–H groups in total. The molecule has 0 saturated carbocycles. The number of para-hydroxylation sites is 1. The zero-order valence-electron chi connectivity index (χ0n) is 14.9. The summed E-state index contributed by atoms with van der Waals surface area (Å²) in [7, 11) is 0. The van der Waals surface area contributed by atoms with Crippen molar-refractivity contribution in [2.75, 3.05) is 19.6 Å². The van der Waals surface area contributed by atoms with Gasteiger partial charge in [-0.25, -0.2) is 0 Å². The van der Waals surface area contributed by atoms with Gasteiger partial charge in [-0.15, -0.1) is 11.3 Å². The van der Waals surface area contributed by atoms with Gasteiger partial charge >= 0.3 is 0 Å². The number of nitrogens with zero attached hydrogens (tertiary/aromatic N) is 1. The smallest absolute Gasteiger partial charge is 0.191 e. The second-order valence-corrected chi connectivity index (χ2v) is 7.15. The molecular formula is C20H26N4S. The molecular weight excluding hydrogens is 328 g/mol. The van der Waals surface area contributed by atoms with E-state index in [1.807, 2.05) is 0 Å². The number of nitrogens with one attached hydrogen (secondary N) is 3. The first-order valence-corrected chi connectivity index (χ1v) is 9.76. The molecule has 132 valence electrons. The van der Waals surface area contributed by atoms with Crippen LogP contribution in [0.2, 0.25) is 0 Å². The van der Waals surface area contributed by atoms with Gasteiger partial charge in [0.25, 0.3) is 0 Å². The first-order chi connectivity index (χ1) is 12.3. The second-order valence-electron chi connectivity index (χ2n) is 6.17. The van der Waals surface area contributed by atoms with Gasteiger partial charge in [0.15, 0.2) is 5.96 Å². The van der Waals surface area contributed by atoms with Crippen LogP contribution >= 0.6 is 11.3 Å². The standard InChI is InChI=1S/C20H26N4S/c1-3-21-20(24-13-15(2)19-9-6-12-25-19)22-11-10-16-14-23-18-8-5-4-7-17(16)18/h4-9,12,14-15,23H,3,10-11,13H2,1-2H3,(H2,21,22,24). The van der Waals surface area contributed by atoms with Crippen LogP contribution in [0.1, 0.15) is 30.2 Å². The van der Waals surface area contributed by atoms with Crippen LogP contribution in [0.3, 0.4) is 0 Å². The molecule has 0 bridgehead atoms. The average molecular weight is 355 g/mol. The summed E-state index contributed by atoms with van der Waals surface area (Å²) in [5, 5.41) is 10.2. The van der Waals surface area contributed by atoms with Gasteiger partial charge in [0.1, 0.15) is 0 Å². The van der Waals surface area contributed by atoms with Gasteiger partial charge in [0.2, 0.25) is 0 Å². The van der Waals surface area contributed by atoms with E-state index in [-0.39, 0.29) is 0 Å². The van der Waals surface area contributed by atoms with E-state index in [9.17, 15) is 0 Å². The number of rotatable bonds is 7. The Balaban J connectivity index is 1.55. The van der Waals surface area contributed by atoms with Crippen molar-refractivity contribution in [1.82, 2.24) is 15.6 Å². The lowest BCUT2D eigenvalue weighted by molar-refractivity contribution is 0.755. The molecule has 2 aromatic heterocycles. The topological polar surface area (TPSA) is 52.2 Å². The van der Waals surface area contributed by atoms with Crippen molar-refractivity contribution in [3.8, 4) is 0 Å². The molecule has 1 unspecified atom stereocenters. The van der Waals surface area contributed by atoms with E-state index in [4.69, 9.17) is 4.99 Å². The number of guanidine groups is 1. The highest BCUT2D eigenvalue weighted by molar-refractivity contribution is 7.10. The highest BCUT2D eigenvalue weighted by Crippen LogP contribution is 2.20. The number of thiophene rings is 1. The fraction of sp³-hybridized carbons (Fsp3) is 0.350. The van der Waals surface area contributed by atoms with Crippen molar-refractivity contribution >= 4 is 28.2 Å². The third-order valence-corrected chi connectivity index (χ3v) is 5.36. The van der Waals surface area contributed by atoms with E-state index in [2.05, 4.69) is 77.4 Å².